The van der Waals surface area contributed by atoms with E-state index in [9.17, 15) is 0 Å². The van der Waals surface area contributed by atoms with E-state index in [1.165, 1.54) is 10.5 Å². The molecule has 0 aliphatic heterocycles. The molecule has 1 heterocycles. The molecule has 4 heteroatoms. The standard InChI is InChI=1S/C13H15N3S/c1-10-3-5-12(6-4-10)17-9-11-7-16-13(14-2)8-15-11/h3-8H,9H2,1-2H3,(H,14,16). The van der Waals surface area contributed by atoms with E-state index in [4.69, 9.17) is 0 Å². The van der Waals surface area contributed by atoms with Crippen LogP contribution >= 0.6 is 11.8 Å². The molecular weight excluding hydrogens is 230 g/mol. The first-order valence-electron chi connectivity index (χ1n) is 5.46. The third kappa shape index (κ3) is 3.46. The van der Waals surface area contributed by atoms with Gasteiger partial charge in [-0.25, -0.2) is 4.98 Å². The molecule has 0 saturated heterocycles. The van der Waals surface area contributed by atoms with Gasteiger partial charge >= 0.3 is 0 Å². The first kappa shape index (κ1) is 11.9. The van der Waals surface area contributed by atoms with Crippen molar-refractivity contribution in [2.45, 2.75) is 17.6 Å². The van der Waals surface area contributed by atoms with E-state index in [2.05, 4.69) is 46.5 Å². The maximum absolute atomic E-state index is 4.34. The Morgan fingerprint density at radius 2 is 1.88 bits per heavy atom. The van der Waals surface area contributed by atoms with Crippen LogP contribution < -0.4 is 5.32 Å². The van der Waals surface area contributed by atoms with Gasteiger partial charge in [-0.1, -0.05) is 17.7 Å². The van der Waals surface area contributed by atoms with E-state index in [0.29, 0.717) is 0 Å². The number of rotatable bonds is 4. The molecule has 2 rings (SSSR count). The second kappa shape index (κ2) is 5.68. The molecular formula is C13H15N3S. The molecule has 0 radical (unpaired) electrons. The zero-order valence-electron chi connectivity index (χ0n) is 9.97. The van der Waals surface area contributed by atoms with Gasteiger partial charge in [0.2, 0.25) is 0 Å². The SMILES string of the molecule is CNc1cnc(CSc2ccc(C)cc2)cn1. The van der Waals surface area contributed by atoms with Crippen LogP contribution in [0.15, 0.2) is 41.6 Å². The van der Waals surface area contributed by atoms with Crippen molar-refractivity contribution in [3.63, 3.8) is 0 Å². The summed E-state index contributed by atoms with van der Waals surface area (Å²) in [5.74, 6) is 1.65. The summed E-state index contributed by atoms with van der Waals surface area (Å²) in [5.41, 5.74) is 2.28. The molecule has 17 heavy (non-hydrogen) atoms. The van der Waals surface area contributed by atoms with Gasteiger partial charge in [-0.15, -0.1) is 11.8 Å². The lowest BCUT2D eigenvalue weighted by Crippen LogP contribution is -1.95. The monoisotopic (exact) mass is 245 g/mol. The largest absolute Gasteiger partial charge is 0.372 e. The fraction of sp³-hybridized carbons (Fsp3) is 0.231. The maximum atomic E-state index is 4.34. The van der Waals surface area contributed by atoms with E-state index in [1.807, 2.05) is 13.2 Å². The Labute approximate surface area is 106 Å². The Morgan fingerprint density at radius 1 is 1.12 bits per heavy atom. The van der Waals surface area contributed by atoms with Gasteiger partial charge in [-0.05, 0) is 19.1 Å². The lowest BCUT2D eigenvalue weighted by molar-refractivity contribution is 1.10. The lowest BCUT2D eigenvalue weighted by atomic mass is 10.2. The van der Waals surface area contributed by atoms with Crippen molar-refractivity contribution >= 4 is 17.6 Å². The van der Waals surface area contributed by atoms with Crippen LogP contribution in [0.5, 0.6) is 0 Å². The Hall–Kier alpha value is -1.55. The number of hydrogen-bond acceptors (Lipinski definition) is 4. The molecule has 0 fully saturated rings. The second-order valence-electron chi connectivity index (χ2n) is 3.74. The molecule has 0 saturated carbocycles. The van der Waals surface area contributed by atoms with E-state index in [-0.39, 0.29) is 0 Å². The van der Waals surface area contributed by atoms with E-state index < -0.39 is 0 Å². The van der Waals surface area contributed by atoms with Crippen LogP contribution in [0.25, 0.3) is 0 Å². The van der Waals surface area contributed by atoms with Crippen molar-refractivity contribution in [1.29, 1.82) is 0 Å². The van der Waals surface area contributed by atoms with Gasteiger partial charge in [-0.3, -0.25) is 4.98 Å². The van der Waals surface area contributed by atoms with Gasteiger partial charge in [0.25, 0.3) is 0 Å². The number of nitrogens with zero attached hydrogens (tertiary/aromatic N) is 2. The zero-order valence-corrected chi connectivity index (χ0v) is 10.8. The van der Waals surface area contributed by atoms with Gasteiger partial charge < -0.3 is 5.32 Å². The minimum Gasteiger partial charge on any atom is -0.372 e. The molecule has 1 aromatic carbocycles. The molecule has 88 valence electrons. The van der Waals surface area contributed by atoms with Gasteiger partial charge in [0.1, 0.15) is 5.82 Å². The van der Waals surface area contributed by atoms with E-state index in [1.54, 1.807) is 18.0 Å². The number of hydrogen-bond donors (Lipinski definition) is 1. The smallest absolute Gasteiger partial charge is 0.144 e. The number of aromatic nitrogens is 2. The van der Waals surface area contributed by atoms with E-state index >= 15 is 0 Å². The topological polar surface area (TPSA) is 37.8 Å². The van der Waals surface area contributed by atoms with Crippen LogP contribution in [0.1, 0.15) is 11.3 Å². The van der Waals surface area contributed by atoms with Crippen LogP contribution in [0, 0.1) is 6.92 Å². The maximum Gasteiger partial charge on any atom is 0.144 e. The van der Waals surface area contributed by atoms with Crippen molar-refractivity contribution < 1.29 is 0 Å². The van der Waals surface area contributed by atoms with Crippen LogP contribution in [-0.4, -0.2) is 17.0 Å². The highest BCUT2D eigenvalue weighted by atomic mass is 32.2. The molecule has 0 amide bonds. The number of anilines is 1. The van der Waals surface area contributed by atoms with Crippen LogP contribution in [0.4, 0.5) is 5.82 Å². The average molecular weight is 245 g/mol. The molecule has 0 aliphatic rings. The third-order valence-corrected chi connectivity index (χ3v) is 3.41. The number of nitrogens with one attached hydrogen (secondary N) is 1. The van der Waals surface area contributed by atoms with Crippen molar-refractivity contribution in [3.05, 3.63) is 47.9 Å². The van der Waals surface area contributed by atoms with Gasteiger partial charge in [0.05, 0.1) is 18.1 Å². The molecule has 0 bridgehead atoms. The van der Waals surface area contributed by atoms with Crippen molar-refractivity contribution in [3.8, 4) is 0 Å². The van der Waals surface area contributed by atoms with E-state index in [0.717, 1.165) is 17.3 Å². The zero-order chi connectivity index (χ0) is 12.1. The summed E-state index contributed by atoms with van der Waals surface area (Å²) in [4.78, 5) is 9.83. The molecule has 2 aromatic rings. The number of thioether (sulfide) groups is 1. The Kier molecular flexibility index (Phi) is 3.98. The molecule has 1 aromatic heterocycles. The van der Waals surface area contributed by atoms with Crippen LogP contribution in [0.2, 0.25) is 0 Å². The fourth-order valence-corrected chi connectivity index (χ4v) is 2.14. The summed E-state index contributed by atoms with van der Waals surface area (Å²) >= 11 is 1.77. The van der Waals surface area contributed by atoms with Gasteiger partial charge in [-0.2, -0.15) is 0 Å². The first-order chi connectivity index (χ1) is 8.28. The number of benzene rings is 1. The molecule has 0 aliphatic carbocycles. The van der Waals surface area contributed by atoms with Crippen molar-refractivity contribution in [1.82, 2.24) is 9.97 Å². The first-order valence-corrected chi connectivity index (χ1v) is 6.44. The van der Waals surface area contributed by atoms with Gasteiger partial charge in [0, 0.05) is 17.7 Å². The minimum absolute atomic E-state index is 0.800. The molecule has 0 spiro atoms. The van der Waals surface area contributed by atoms with Crippen molar-refractivity contribution in [2.24, 2.45) is 0 Å². The molecule has 0 unspecified atom stereocenters. The predicted molar refractivity (Wildman–Crippen MR) is 72.3 cm³/mol. The summed E-state index contributed by atoms with van der Waals surface area (Å²) < 4.78 is 0. The number of aryl methyl sites for hydroxylation is 1. The fourth-order valence-electron chi connectivity index (χ4n) is 1.35. The highest BCUT2D eigenvalue weighted by Crippen LogP contribution is 2.21. The third-order valence-electron chi connectivity index (χ3n) is 2.37. The summed E-state index contributed by atoms with van der Waals surface area (Å²) in [6.45, 7) is 2.09. The minimum atomic E-state index is 0.800. The highest BCUT2D eigenvalue weighted by molar-refractivity contribution is 7.98. The molecule has 1 N–H and O–H groups in total. The lowest BCUT2D eigenvalue weighted by Gasteiger charge is -2.03. The predicted octanol–water partition coefficient (Wildman–Crippen LogP) is 3.12. The van der Waals surface area contributed by atoms with Crippen LogP contribution in [-0.2, 0) is 5.75 Å². The Morgan fingerprint density at radius 3 is 2.47 bits per heavy atom. The summed E-state index contributed by atoms with van der Waals surface area (Å²) in [7, 11) is 1.84. The Bertz CT molecular complexity index is 465. The molecule has 3 nitrogen and oxygen atoms in total. The molecule has 0 atom stereocenters. The Balaban J connectivity index is 1.95. The summed E-state index contributed by atoms with van der Waals surface area (Å²) in [5, 5.41) is 2.95. The van der Waals surface area contributed by atoms with Gasteiger partial charge in [0.15, 0.2) is 0 Å². The van der Waals surface area contributed by atoms with Crippen LogP contribution in [0.3, 0.4) is 0 Å². The van der Waals surface area contributed by atoms with Crippen molar-refractivity contribution in [2.75, 3.05) is 12.4 Å². The summed E-state index contributed by atoms with van der Waals surface area (Å²) in [6.07, 6.45) is 3.57. The quantitative estimate of drug-likeness (QED) is 0.840. The summed E-state index contributed by atoms with van der Waals surface area (Å²) in [6, 6.07) is 8.51. The highest BCUT2D eigenvalue weighted by Gasteiger charge is 1.98. The average Bonchev–Trinajstić information content (AvgIpc) is 2.39. The second-order valence-corrected chi connectivity index (χ2v) is 4.79. The normalized spacial score (nSPS) is 10.2.